The van der Waals surface area contributed by atoms with Crippen LogP contribution in [0.5, 0.6) is 0 Å². The number of rotatable bonds is 2. The summed E-state index contributed by atoms with van der Waals surface area (Å²) in [5.41, 5.74) is 0.233. The van der Waals surface area contributed by atoms with Crippen molar-refractivity contribution in [2.75, 3.05) is 0 Å². The van der Waals surface area contributed by atoms with Crippen LogP contribution in [0, 0.1) is 19.7 Å². The van der Waals surface area contributed by atoms with Crippen molar-refractivity contribution >= 4 is 6.29 Å². The van der Waals surface area contributed by atoms with Crippen molar-refractivity contribution in [2.45, 2.75) is 13.8 Å². The van der Waals surface area contributed by atoms with E-state index in [2.05, 4.69) is 15.1 Å². The smallest absolute Gasteiger partial charge is 0.155 e. The summed E-state index contributed by atoms with van der Waals surface area (Å²) in [5.74, 6) is 0.465. The van der Waals surface area contributed by atoms with E-state index in [1.165, 1.54) is 10.9 Å². The normalized spacial score (nSPS) is 10.4. The molecule has 0 radical (unpaired) electrons. The molecule has 0 saturated carbocycles. The monoisotopic (exact) mass is 220 g/mol. The van der Waals surface area contributed by atoms with E-state index in [4.69, 9.17) is 0 Å². The Labute approximate surface area is 91.0 Å². The van der Waals surface area contributed by atoms with Gasteiger partial charge < -0.3 is 0 Å². The Balaban J connectivity index is 2.68. The number of carbonyl (C=O) groups excluding carboxylic acids is 1. The molecule has 0 saturated heterocycles. The molecule has 2 aromatic rings. The quantitative estimate of drug-likeness (QED) is 0.714. The van der Waals surface area contributed by atoms with E-state index in [1.807, 2.05) is 0 Å². The SMILES string of the molecule is Cc1nc(C)n(-c2cncc(F)c2C=O)n1. The Morgan fingerprint density at radius 2 is 2.12 bits per heavy atom. The molecule has 0 spiro atoms. The second-order valence-corrected chi connectivity index (χ2v) is 3.29. The highest BCUT2D eigenvalue weighted by atomic mass is 19.1. The van der Waals surface area contributed by atoms with Gasteiger partial charge >= 0.3 is 0 Å². The van der Waals surface area contributed by atoms with Crippen LogP contribution >= 0.6 is 0 Å². The largest absolute Gasteiger partial charge is 0.298 e. The third kappa shape index (κ3) is 1.58. The van der Waals surface area contributed by atoms with Gasteiger partial charge in [-0.15, -0.1) is 0 Å². The summed E-state index contributed by atoms with van der Waals surface area (Å²) in [6.07, 6.45) is 2.82. The second kappa shape index (κ2) is 3.80. The summed E-state index contributed by atoms with van der Waals surface area (Å²) in [7, 11) is 0. The van der Waals surface area contributed by atoms with E-state index in [1.54, 1.807) is 13.8 Å². The van der Waals surface area contributed by atoms with Crippen LogP contribution < -0.4 is 0 Å². The van der Waals surface area contributed by atoms with Crippen LogP contribution in [0.25, 0.3) is 5.69 Å². The van der Waals surface area contributed by atoms with Crippen LogP contribution in [0.4, 0.5) is 4.39 Å². The van der Waals surface area contributed by atoms with Crippen LogP contribution in [0.15, 0.2) is 12.4 Å². The Bertz CT molecular complexity index is 550. The molecule has 5 nitrogen and oxygen atoms in total. The van der Waals surface area contributed by atoms with Crippen molar-refractivity contribution in [1.82, 2.24) is 19.7 Å². The van der Waals surface area contributed by atoms with Crippen molar-refractivity contribution in [1.29, 1.82) is 0 Å². The van der Waals surface area contributed by atoms with Crippen molar-refractivity contribution in [3.05, 3.63) is 35.4 Å². The topological polar surface area (TPSA) is 60.7 Å². The third-order valence-electron chi connectivity index (χ3n) is 2.14. The molecule has 0 aliphatic rings. The van der Waals surface area contributed by atoms with Crippen LogP contribution in [0.3, 0.4) is 0 Å². The average Bonchev–Trinajstić information content (AvgIpc) is 2.57. The van der Waals surface area contributed by atoms with Crippen LogP contribution in [-0.4, -0.2) is 26.0 Å². The van der Waals surface area contributed by atoms with Crippen LogP contribution in [0.1, 0.15) is 22.0 Å². The van der Waals surface area contributed by atoms with Crippen LogP contribution in [0.2, 0.25) is 0 Å². The fourth-order valence-corrected chi connectivity index (χ4v) is 1.47. The minimum absolute atomic E-state index is 0.0667. The number of nitrogens with zero attached hydrogens (tertiary/aromatic N) is 4. The molecule has 16 heavy (non-hydrogen) atoms. The predicted octanol–water partition coefficient (Wildman–Crippen LogP) is 1.23. The van der Waals surface area contributed by atoms with Crippen molar-refractivity contribution in [3.63, 3.8) is 0 Å². The summed E-state index contributed by atoms with van der Waals surface area (Å²) in [5, 5.41) is 4.07. The standard InChI is InChI=1S/C10H9FN4O/c1-6-13-7(2)15(14-6)10-4-12-3-9(11)8(10)5-16/h3-5H,1-2H3. The van der Waals surface area contributed by atoms with E-state index in [0.717, 1.165) is 6.20 Å². The zero-order chi connectivity index (χ0) is 11.7. The Kier molecular flexibility index (Phi) is 2.47. The molecule has 0 atom stereocenters. The van der Waals surface area contributed by atoms with Gasteiger partial charge in [-0.05, 0) is 13.8 Å². The molecule has 0 amide bonds. The molecule has 2 aromatic heterocycles. The zero-order valence-corrected chi connectivity index (χ0v) is 8.81. The minimum atomic E-state index is -0.667. The molecule has 0 aliphatic heterocycles. The maximum atomic E-state index is 13.3. The molecular weight excluding hydrogens is 211 g/mol. The molecule has 82 valence electrons. The highest BCUT2D eigenvalue weighted by Gasteiger charge is 2.13. The number of hydrogen-bond acceptors (Lipinski definition) is 4. The van der Waals surface area contributed by atoms with Crippen molar-refractivity contribution in [3.8, 4) is 5.69 Å². The van der Waals surface area contributed by atoms with Crippen molar-refractivity contribution < 1.29 is 9.18 Å². The maximum absolute atomic E-state index is 13.3. The summed E-state index contributed by atoms with van der Waals surface area (Å²) in [6, 6.07) is 0. The predicted molar refractivity (Wildman–Crippen MR) is 54.0 cm³/mol. The molecule has 0 bridgehead atoms. The molecule has 0 N–H and O–H groups in total. The number of aromatic nitrogens is 4. The van der Waals surface area contributed by atoms with Gasteiger partial charge in [0.2, 0.25) is 0 Å². The van der Waals surface area contributed by atoms with Crippen molar-refractivity contribution in [2.24, 2.45) is 0 Å². The number of carbonyl (C=O) groups is 1. The van der Waals surface area contributed by atoms with E-state index in [0.29, 0.717) is 23.6 Å². The first-order valence-electron chi connectivity index (χ1n) is 4.63. The number of halogens is 1. The van der Waals surface area contributed by atoms with Gasteiger partial charge in [-0.1, -0.05) is 0 Å². The fourth-order valence-electron chi connectivity index (χ4n) is 1.47. The third-order valence-corrected chi connectivity index (χ3v) is 2.14. The molecule has 0 aliphatic carbocycles. The van der Waals surface area contributed by atoms with Gasteiger partial charge in [0.25, 0.3) is 0 Å². The minimum Gasteiger partial charge on any atom is -0.298 e. The highest BCUT2D eigenvalue weighted by Crippen LogP contribution is 2.15. The Hall–Kier alpha value is -2.11. The zero-order valence-electron chi connectivity index (χ0n) is 8.81. The van der Waals surface area contributed by atoms with Gasteiger partial charge in [0.15, 0.2) is 12.1 Å². The van der Waals surface area contributed by atoms with Gasteiger partial charge in [0.05, 0.1) is 23.6 Å². The van der Waals surface area contributed by atoms with E-state index in [-0.39, 0.29) is 5.56 Å². The summed E-state index contributed by atoms with van der Waals surface area (Å²) < 4.78 is 14.7. The first-order valence-corrected chi connectivity index (χ1v) is 4.63. The molecule has 0 aromatic carbocycles. The summed E-state index contributed by atoms with van der Waals surface area (Å²) in [6.45, 7) is 3.44. The lowest BCUT2D eigenvalue weighted by Crippen LogP contribution is -2.06. The average molecular weight is 220 g/mol. The maximum Gasteiger partial charge on any atom is 0.155 e. The first kappa shape index (κ1) is 10.4. The molecule has 0 unspecified atom stereocenters. The first-order chi connectivity index (χ1) is 7.63. The second-order valence-electron chi connectivity index (χ2n) is 3.29. The van der Waals surface area contributed by atoms with Gasteiger partial charge in [0, 0.05) is 0 Å². The van der Waals surface area contributed by atoms with E-state index >= 15 is 0 Å². The number of hydrogen-bond donors (Lipinski definition) is 0. The van der Waals surface area contributed by atoms with Gasteiger partial charge in [0.1, 0.15) is 11.6 Å². The highest BCUT2D eigenvalue weighted by molar-refractivity contribution is 5.80. The van der Waals surface area contributed by atoms with Gasteiger partial charge in [-0.25, -0.2) is 14.1 Å². The molecule has 2 heterocycles. The van der Waals surface area contributed by atoms with Gasteiger partial charge in [-0.3, -0.25) is 9.78 Å². The Morgan fingerprint density at radius 3 is 2.69 bits per heavy atom. The van der Waals surface area contributed by atoms with Gasteiger partial charge in [-0.2, -0.15) is 5.10 Å². The lowest BCUT2D eigenvalue weighted by Gasteiger charge is -2.05. The molecule has 6 heteroatoms. The number of pyridine rings is 1. The summed E-state index contributed by atoms with van der Waals surface area (Å²) >= 11 is 0. The van der Waals surface area contributed by atoms with E-state index < -0.39 is 5.82 Å². The lowest BCUT2D eigenvalue weighted by molar-refractivity contribution is 0.111. The molecule has 2 rings (SSSR count). The lowest BCUT2D eigenvalue weighted by atomic mass is 10.2. The number of aldehydes is 1. The number of aryl methyl sites for hydroxylation is 2. The Morgan fingerprint density at radius 1 is 1.38 bits per heavy atom. The van der Waals surface area contributed by atoms with E-state index in [9.17, 15) is 9.18 Å². The van der Waals surface area contributed by atoms with Crippen LogP contribution in [-0.2, 0) is 0 Å². The molecule has 0 fully saturated rings. The fraction of sp³-hybridized carbons (Fsp3) is 0.200. The summed E-state index contributed by atoms with van der Waals surface area (Å²) in [4.78, 5) is 18.6. The molecular formula is C10H9FN4O.